The van der Waals surface area contributed by atoms with Crippen molar-refractivity contribution in [2.24, 2.45) is 0 Å². The minimum Gasteiger partial charge on any atom is -0.391 e. The standard InChI is InChI=1S/C12H20N2OS/c1-4-13-7-11(15)8-16-12-6-9(2)5-10(3)14-12/h5-6,11,13,15H,4,7-8H2,1-3H3. The fraction of sp³-hybridized carbons (Fsp3) is 0.583. The average Bonchev–Trinajstić information content (AvgIpc) is 2.22. The number of rotatable bonds is 6. The van der Waals surface area contributed by atoms with Crippen LogP contribution in [0.1, 0.15) is 18.2 Å². The highest BCUT2D eigenvalue weighted by Crippen LogP contribution is 2.18. The Kier molecular flexibility index (Phi) is 5.80. The average molecular weight is 240 g/mol. The molecular formula is C12H20N2OS. The van der Waals surface area contributed by atoms with Crippen LogP contribution in [-0.4, -0.2) is 35.0 Å². The van der Waals surface area contributed by atoms with Crippen molar-refractivity contribution in [3.05, 3.63) is 23.4 Å². The molecule has 0 fully saturated rings. The molecule has 4 heteroatoms. The Bertz CT molecular complexity index is 311. The first-order valence-corrected chi connectivity index (χ1v) is 6.57. The topological polar surface area (TPSA) is 45.1 Å². The van der Waals surface area contributed by atoms with Gasteiger partial charge >= 0.3 is 0 Å². The van der Waals surface area contributed by atoms with E-state index >= 15 is 0 Å². The quantitative estimate of drug-likeness (QED) is 0.744. The molecule has 0 aromatic carbocycles. The van der Waals surface area contributed by atoms with Crippen molar-refractivity contribution in [2.45, 2.75) is 31.9 Å². The van der Waals surface area contributed by atoms with E-state index in [4.69, 9.17) is 0 Å². The summed E-state index contributed by atoms with van der Waals surface area (Å²) in [5, 5.41) is 13.8. The number of nitrogens with one attached hydrogen (secondary N) is 1. The molecule has 0 amide bonds. The van der Waals surface area contributed by atoms with Gasteiger partial charge in [-0.2, -0.15) is 0 Å². The van der Waals surface area contributed by atoms with Crippen molar-refractivity contribution in [1.29, 1.82) is 0 Å². The zero-order valence-corrected chi connectivity index (χ0v) is 11.0. The number of pyridine rings is 1. The van der Waals surface area contributed by atoms with E-state index in [-0.39, 0.29) is 6.10 Å². The normalized spacial score (nSPS) is 12.8. The second-order valence-electron chi connectivity index (χ2n) is 3.90. The lowest BCUT2D eigenvalue weighted by Crippen LogP contribution is -2.28. The van der Waals surface area contributed by atoms with Crippen LogP contribution in [0.4, 0.5) is 0 Å². The summed E-state index contributed by atoms with van der Waals surface area (Å²) < 4.78 is 0. The second kappa shape index (κ2) is 6.89. The van der Waals surface area contributed by atoms with Gasteiger partial charge in [0.15, 0.2) is 0 Å². The zero-order valence-electron chi connectivity index (χ0n) is 10.2. The Morgan fingerprint density at radius 2 is 2.19 bits per heavy atom. The van der Waals surface area contributed by atoms with Crippen molar-refractivity contribution < 1.29 is 5.11 Å². The van der Waals surface area contributed by atoms with E-state index in [1.807, 2.05) is 13.8 Å². The van der Waals surface area contributed by atoms with Gasteiger partial charge in [0, 0.05) is 18.0 Å². The van der Waals surface area contributed by atoms with Crippen molar-refractivity contribution in [3.8, 4) is 0 Å². The first-order valence-electron chi connectivity index (χ1n) is 5.58. The predicted octanol–water partition coefficient (Wildman–Crippen LogP) is 1.76. The summed E-state index contributed by atoms with van der Waals surface area (Å²) in [6, 6.07) is 4.11. The molecule has 1 aromatic rings. The lowest BCUT2D eigenvalue weighted by Gasteiger charge is -2.10. The Balaban J connectivity index is 2.41. The van der Waals surface area contributed by atoms with E-state index in [0.717, 1.165) is 17.3 Å². The van der Waals surface area contributed by atoms with Crippen molar-refractivity contribution in [3.63, 3.8) is 0 Å². The van der Waals surface area contributed by atoms with E-state index < -0.39 is 0 Å². The molecule has 16 heavy (non-hydrogen) atoms. The molecule has 2 N–H and O–H groups in total. The Hall–Kier alpha value is -0.580. The maximum absolute atomic E-state index is 9.67. The molecule has 0 aliphatic rings. The van der Waals surface area contributed by atoms with Gasteiger partial charge in [0.2, 0.25) is 0 Å². The van der Waals surface area contributed by atoms with Gasteiger partial charge in [-0.1, -0.05) is 6.92 Å². The second-order valence-corrected chi connectivity index (χ2v) is 4.94. The van der Waals surface area contributed by atoms with Gasteiger partial charge in [0.25, 0.3) is 0 Å². The molecule has 0 saturated heterocycles. The van der Waals surface area contributed by atoms with Crippen LogP contribution in [0.2, 0.25) is 0 Å². The summed E-state index contributed by atoms with van der Waals surface area (Å²) in [6.45, 7) is 7.63. The van der Waals surface area contributed by atoms with Crippen LogP contribution in [0.25, 0.3) is 0 Å². The molecular weight excluding hydrogens is 220 g/mol. The smallest absolute Gasteiger partial charge is 0.0966 e. The monoisotopic (exact) mass is 240 g/mol. The Labute approximate surface area is 102 Å². The molecule has 1 unspecified atom stereocenters. The highest BCUT2D eigenvalue weighted by atomic mass is 32.2. The Morgan fingerprint density at radius 3 is 2.81 bits per heavy atom. The number of thioether (sulfide) groups is 1. The van der Waals surface area contributed by atoms with Crippen LogP contribution in [0, 0.1) is 13.8 Å². The van der Waals surface area contributed by atoms with Crippen molar-refractivity contribution >= 4 is 11.8 Å². The fourth-order valence-corrected chi connectivity index (χ4v) is 2.39. The predicted molar refractivity (Wildman–Crippen MR) is 69.0 cm³/mol. The molecule has 0 aliphatic heterocycles. The molecule has 0 bridgehead atoms. The van der Waals surface area contributed by atoms with Gasteiger partial charge in [-0.15, -0.1) is 11.8 Å². The van der Waals surface area contributed by atoms with E-state index in [1.165, 1.54) is 5.56 Å². The first kappa shape index (κ1) is 13.5. The summed E-state index contributed by atoms with van der Waals surface area (Å²) in [5.41, 5.74) is 2.25. The number of aromatic nitrogens is 1. The summed E-state index contributed by atoms with van der Waals surface area (Å²) in [4.78, 5) is 4.42. The maximum Gasteiger partial charge on any atom is 0.0966 e. The lowest BCUT2D eigenvalue weighted by atomic mass is 10.3. The molecule has 1 rings (SSSR count). The summed E-state index contributed by atoms with van der Waals surface area (Å²) >= 11 is 1.61. The van der Waals surface area contributed by atoms with Crippen molar-refractivity contribution in [2.75, 3.05) is 18.8 Å². The molecule has 1 atom stereocenters. The highest BCUT2D eigenvalue weighted by Gasteiger charge is 2.05. The van der Waals surface area contributed by atoms with Crippen LogP contribution in [-0.2, 0) is 0 Å². The maximum atomic E-state index is 9.67. The molecule has 0 saturated carbocycles. The van der Waals surface area contributed by atoms with Crippen LogP contribution >= 0.6 is 11.8 Å². The van der Waals surface area contributed by atoms with E-state index in [2.05, 4.69) is 29.4 Å². The zero-order chi connectivity index (χ0) is 12.0. The highest BCUT2D eigenvalue weighted by molar-refractivity contribution is 7.99. The third-order valence-corrected chi connectivity index (χ3v) is 3.18. The molecule has 0 aliphatic carbocycles. The van der Waals surface area contributed by atoms with Gasteiger partial charge in [0.05, 0.1) is 11.1 Å². The number of likely N-dealkylation sites (N-methyl/N-ethyl adjacent to an activating group) is 1. The number of aliphatic hydroxyl groups excluding tert-OH is 1. The summed E-state index contributed by atoms with van der Waals surface area (Å²) in [6.07, 6.45) is -0.312. The van der Waals surface area contributed by atoms with Crippen LogP contribution < -0.4 is 5.32 Å². The van der Waals surface area contributed by atoms with Crippen molar-refractivity contribution in [1.82, 2.24) is 10.3 Å². The Morgan fingerprint density at radius 1 is 1.44 bits per heavy atom. The van der Waals surface area contributed by atoms with Gasteiger partial charge in [0.1, 0.15) is 0 Å². The van der Waals surface area contributed by atoms with E-state index in [9.17, 15) is 5.11 Å². The SMILES string of the molecule is CCNCC(O)CSc1cc(C)cc(C)n1. The molecule has 1 aromatic heterocycles. The third-order valence-electron chi connectivity index (χ3n) is 2.13. The molecule has 0 spiro atoms. The fourth-order valence-electron chi connectivity index (χ4n) is 1.43. The molecule has 0 radical (unpaired) electrons. The minimum absolute atomic E-state index is 0.312. The summed E-state index contributed by atoms with van der Waals surface area (Å²) in [7, 11) is 0. The summed E-state index contributed by atoms with van der Waals surface area (Å²) in [5.74, 6) is 0.683. The van der Waals surface area contributed by atoms with Gasteiger partial charge in [-0.3, -0.25) is 0 Å². The number of nitrogens with zero attached hydrogens (tertiary/aromatic N) is 1. The van der Waals surface area contributed by atoms with Crippen LogP contribution in [0.15, 0.2) is 17.2 Å². The molecule has 1 heterocycles. The van der Waals surface area contributed by atoms with Gasteiger partial charge < -0.3 is 10.4 Å². The van der Waals surface area contributed by atoms with Gasteiger partial charge in [-0.05, 0) is 38.1 Å². The third kappa shape index (κ3) is 4.96. The van der Waals surface area contributed by atoms with E-state index in [0.29, 0.717) is 12.3 Å². The van der Waals surface area contributed by atoms with E-state index in [1.54, 1.807) is 11.8 Å². The number of hydrogen-bond donors (Lipinski definition) is 2. The van der Waals surface area contributed by atoms with Crippen LogP contribution in [0.3, 0.4) is 0 Å². The number of aryl methyl sites for hydroxylation is 2. The first-order chi connectivity index (χ1) is 7.61. The number of aliphatic hydroxyl groups is 1. The molecule has 3 nitrogen and oxygen atoms in total. The minimum atomic E-state index is -0.312. The number of hydrogen-bond acceptors (Lipinski definition) is 4. The van der Waals surface area contributed by atoms with Crippen LogP contribution in [0.5, 0.6) is 0 Å². The van der Waals surface area contributed by atoms with Gasteiger partial charge in [-0.25, -0.2) is 4.98 Å². The lowest BCUT2D eigenvalue weighted by molar-refractivity contribution is 0.197. The largest absolute Gasteiger partial charge is 0.391 e. The molecule has 90 valence electrons.